The van der Waals surface area contributed by atoms with Gasteiger partial charge in [0.15, 0.2) is 10.2 Å². The van der Waals surface area contributed by atoms with Crippen LogP contribution in [0.2, 0.25) is 0 Å². The van der Waals surface area contributed by atoms with Crippen LogP contribution in [0.15, 0.2) is 75.2 Å². The van der Waals surface area contributed by atoms with Crippen LogP contribution in [0.3, 0.4) is 0 Å². The summed E-state index contributed by atoms with van der Waals surface area (Å²) in [5.74, 6) is 0.908. The van der Waals surface area contributed by atoms with E-state index in [0.29, 0.717) is 0 Å². The summed E-state index contributed by atoms with van der Waals surface area (Å²) in [5, 5.41) is 5.09. The van der Waals surface area contributed by atoms with Crippen LogP contribution in [0, 0.1) is 6.92 Å². The fraction of sp³-hybridized carbons (Fsp3) is 0.273. The SMILES string of the molecule is CCCN1C(=S)N[C@H](c2ccccn2)[C@@H]1c1ccc(Sc2ccc(C)cc2)o1. The summed E-state index contributed by atoms with van der Waals surface area (Å²) >= 11 is 7.26. The van der Waals surface area contributed by atoms with Crippen LogP contribution in [-0.2, 0) is 0 Å². The largest absolute Gasteiger partial charge is 0.452 e. The molecule has 4 nitrogen and oxygen atoms in total. The van der Waals surface area contributed by atoms with Crippen LogP contribution in [0.4, 0.5) is 0 Å². The molecule has 3 heterocycles. The van der Waals surface area contributed by atoms with Crippen LogP contribution in [0.1, 0.15) is 42.4 Å². The summed E-state index contributed by atoms with van der Waals surface area (Å²) in [4.78, 5) is 7.93. The van der Waals surface area contributed by atoms with Gasteiger partial charge < -0.3 is 14.6 Å². The Kier molecular flexibility index (Phi) is 5.69. The van der Waals surface area contributed by atoms with E-state index in [-0.39, 0.29) is 12.1 Å². The molecule has 1 aliphatic rings. The highest BCUT2D eigenvalue weighted by Gasteiger charge is 2.41. The summed E-state index contributed by atoms with van der Waals surface area (Å²) in [6.45, 7) is 5.13. The molecule has 2 atom stereocenters. The molecular formula is C22H23N3OS2. The van der Waals surface area contributed by atoms with Gasteiger partial charge in [-0.15, -0.1) is 0 Å². The molecule has 1 N–H and O–H groups in total. The summed E-state index contributed by atoms with van der Waals surface area (Å²) in [7, 11) is 0. The predicted octanol–water partition coefficient (Wildman–Crippen LogP) is 5.52. The second-order valence-electron chi connectivity index (χ2n) is 6.89. The Morgan fingerprint density at radius 3 is 2.68 bits per heavy atom. The molecule has 2 aromatic heterocycles. The Hall–Kier alpha value is -2.31. The number of nitrogens with zero attached hydrogens (tertiary/aromatic N) is 2. The Morgan fingerprint density at radius 1 is 1.14 bits per heavy atom. The molecule has 1 aliphatic heterocycles. The van der Waals surface area contributed by atoms with E-state index in [1.807, 2.05) is 30.5 Å². The normalized spacial score (nSPS) is 19.1. The van der Waals surface area contributed by atoms with E-state index in [9.17, 15) is 0 Å². The molecule has 4 rings (SSSR count). The van der Waals surface area contributed by atoms with Crippen molar-refractivity contribution in [3.63, 3.8) is 0 Å². The van der Waals surface area contributed by atoms with Crippen molar-refractivity contribution in [2.75, 3.05) is 6.54 Å². The van der Waals surface area contributed by atoms with Gasteiger partial charge in [0.25, 0.3) is 0 Å². The maximum atomic E-state index is 6.27. The van der Waals surface area contributed by atoms with Crippen molar-refractivity contribution in [1.29, 1.82) is 0 Å². The molecule has 0 radical (unpaired) electrons. The number of furan rings is 1. The Bertz CT molecular complexity index is 940. The Balaban J connectivity index is 1.63. The Morgan fingerprint density at radius 2 is 1.96 bits per heavy atom. The van der Waals surface area contributed by atoms with Gasteiger partial charge >= 0.3 is 0 Å². The highest BCUT2D eigenvalue weighted by atomic mass is 32.2. The van der Waals surface area contributed by atoms with E-state index >= 15 is 0 Å². The first-order valence-electron chi connectivity index (χ1n) is 9.48. The van der Waals surface area contributed by atoms with Crippen molar-refractivity contribution in [1.82, 2.24) is 15.2 Å². The van der Waals surface area contributed by atoms with Gasteiger partial charge in [0, 0.05) is 17.6 Å². The standard InChI is InChI=1S/C22H23N3OS2/c1-3-14-25-21(20(24-22(25)27)17-6-4-5-13-23-17)18-11-12-19(26-18)28-16-9-7-15(2)8-10-16/h4-13,20-21H,3,14H2,1-2H3,(H,24,27)/t20-,21+/m1/s1. The van der Waals surface area contributed by atoms with Gasteiger partial charge in [0.05, 0.1) is 11.7 Å². The van der Waals surface area contributed by atoms with Gasteiger partial charge in [0.2, 0.25) is 0 Å². The minimum Gasteiger partial charge on any atom is -0.452 e. The summed E-state index contributed by atoms with van der Waals surface area (Å²) in [6, 6.07) is 18.5. The van der Waals surface area contributed by atoms with Crippen LogP contribution in [0.5, 0.6) is 0 Å². The maximum absolute atomic E-state index is 6.27. The first-order chi connectivity index (χ1) is 13.7. The van der Waals surface area contributed by atoms with Crippen LogP contribution < -0.4 is 5.32 Å². The lowest BCUT2D eigenvalue weighted by Crippen LogP contribution is -2.30. The lowest BCUT2D eigenvalue weighted by Gasteiger charge is -2.25. The fourth-order valence-corrected chi connectivity index (χ4v) is 4.58. The average molecular weight is 410 g/mol. The van der Waals surface area contributed by atoms with Crippen molar-refractivity contribution in [2.24, 2.45) is 0 Å². The van der Waals surface area contributed by atoms with Gasteiger partial charge in [-0.25, -0.2) is 0 Å². The summed E-state index contributed by atoms with van der Waals surface area (Å²) in [5.41, 5.74) is 2.22. The van der Waals surface area contributed by atoms with E-state index in [1.165, 1.54) is 10.5 Å². The Labute approximate surface area is 175 Å². The number of pyridine rings is 1. The molecule has 1 saturated heterocycles. The summed E-state index contributed by atoms with van der Waals surface area (Å²) in [6.07, 6.45) is 2.83. The average Bonchev–Trinajstić information content (AvgIpc) is 3.29. The molecule has 0 amide bonds. The molecule has 1 aromatic carbocycles. The number of hydrogen-bond donors (Lipinski definition) is 1. The second kappa shape index (κ2) is 8.37. The third-order valence-corrected chi connectivity index (χ3v) is 6.08. The lowest BCUT2D eigenvalue weighted by molar-refractivity contribution is 0.260. The van der Waals surface area contributed by atoms with Gasteiger partial charge in [-0.3, -0.25) is 4.98 Å². The topological polar surface area (TPSA) is 41.3 Å². The fourth-order valence-electron chi connectivity index (χ4n) is 3.47. The molecule has 3 aromatic rings. The third-order valence-electron chi connectivity index (χ3n) is 4.80. The maximum Gasteiger partial charge on any atom is 0.170 e. The zero-order valence-electron chi connectivity index (χ0n) is 16.0. The highest BCUT2D eigenvalue weighted by molar-refractivity contribution is 7.99. The van der Waals surface area contributed by atoms with Crippen molar-refractivity contribution in [3.05, 3.63) is 77.8 Å². The monoisotopic (exact) mass is 409 g/mol. The van der Waals surface area contributed by atoms with E-state index in [2.05, 4.69) is 59.4 Å². The molecule has 1 fully saturated rings. The molecular weight excluding hydrogens is 386 g/mol. The van der Waals surface area contributed by atoms with Gasteiger partial charge in [-0.05, 0) is 62.0 Å². The molecule has 6 heteroatoms. The van der Waals surface area contributed by atoms with Gasteiger partial charge in [-0.2, -0.15) is 0 Å². The molecule has 144 valence electrons. The zero-order valence-corrected chi connectivity index (χ0v) is 17.6. The number of benzene rings is 1. The quantitative estimate of drug-likeness (QED) is 0.541. The number of aryl methyl sites for hydroxylation is 1. The summed E-state index contributed by atoms with van der Waals surface area (Å²) < 4.78 is 6.27. The second-order valence-corrected chi connectivity index (χ2v) is 8.36. The van der Waals surface area contributed by atoms with Crippen molar-refractivity contribution < 1.29 is 4.42 Å². The molecule has 0 bridgehead atoms. The first-order valence-corrected chi connectivity index (χ1v) is 10.7. The minimum absolute atomic E-state index is 0.00489. The number of hydrogen-bond acceptors (Lipinski definition) is 4. The van der Waals surface area contributed by atoms with E-state index in [1.54, 1.807) is 11.8 Å². The minimum atomic E-state index is -0.0244. The van der Waals surface area contributed by atoms with Crippen LogP contribution in [0.25, 0.3) is 0 Å². The smallest absolute Gasteiger partial charge is 0.170 e. The number of thiocarbonyl (C=S) groups is 1. The van der Waals surface area contributed by atoms with Crippen LogP contribution in [-0.4, -0.2) is 21.5 Å². The lowest BCUT2D eigenvalue weighted by atomic mass is 10.0. The van der Waals surface area contributed by atoms with Gasteiger partial charge in [0.1, 0.15) is 11.8 Å². The number of nitrogens with one attached hydrogen (secondary N) is 1. The van der Waals surface area contributed by atoms with Crippen molar-refractivity contribution in [3.8, 4) is 0 Å². The number of aromatic nitrogens is 1. The molecule has 0 unspecified atom stereocenters. The molecule has 28 heavy (non-hydrogen) atoms. The molecule has 0 spiro atoms. The zero-order chi connectivity index (χ0) is 19.5. The highest BCUT2D eigenvalue weighted by Crippen LogP contribution is 2.41. The number of rotatable bonds is 6. The van der Waals surface area contributed by atoms with Crippen LogP contribution >= 0.6 is 24.0 Å². The molecule has 0 aliphatic carbocycles. The van der Waals surface area contributed by atoms with Crippen molar-refractivity contribution in [2.45, 2.75) is 42.3 Å². The van der Waals surface area contributed by atoms with E-state index in [4.69, 9.17) is 16.6 Å². The first kappa shape index (κ1) is 19.0. The third kappa shape index (κ3) is 3.93. The van der Waals surface area contributed by atoms with E-state index in [0.717, 1.165) is 34.6 Å². The van der Waals surface area contributed by atoms with Gasteiger partial charge in [-0.1, -0.05) is 42.4 Å². The predicted molar refractivity (Wildman–Crippen MR) is 116 cm³/mol. The van der Waals surface area contributed by atoms with E-state index < -0.39 is 0 Å². The molecule has 0 saturated carbocycles. The van der Waals surface area contributed by atoms with Crippen molar-refractivity contribution >= 4 is 29.1 Å².